The first-order chi connectivity index (χ1) is 8.93. The Morgan fingerprint density at radius 1 is 1.47 bits per heavy atom. The summed E-state index contributed by atoms with van der Waals surface area (Å²) >= 11 is 0. The summed E-state index contributed by atoms with van der Waals surface area (Å²) in [5.41, 5.74) is 6.86. The van der Waals surface area contributed by atoms with E-state index < -0.39 is 5.97 Å². The summed E-state index contributed by atoms with van der Waals surface area (Å²) in [5, 5.41) is 2.67. The number of nitrogens with two attached hydrogens (primary N) is 1. The second kappa shape index (κ2) is 4.60. The van der Waals surface area contributed by atoms with Crippen molar-refractivity contribution in [2.75, 3.05) is 12.8 Å². The standard InChI is InChI=1S/C12H14N4O3/c1-6-4-7(5-8(13)14-6)9-10(12(18)19-3)15-16(2)11(9)17/h4-5,15H,1-3H3,(H2,13,14). The number of ether oxygens (including phenoxy) is 1. The molecule has 2 aromatic heterocycles. The Morgan fingerprint density at radius 3 is 2.74 bits per heavy atom. The average Bonchev–Trinajstić information content (AvgIpc) is 2.64. The minimum atomic E-state index is -0.610. The number of nitrogens with one attached hydrogen (secondary N) is 1. The van der Waals surface area contributed by atoms with Crippen LogP contribution in [0.3, 0.4) is 0 Å². The number of carbonyl (C=O) groups excluding carboxylic acids is 1. The molecule has 0 bridgehead atoms. The van der Waals surface area contributed by atoms with E-state index in [1.54, 1.807) is 19.1 Å². The van der Waals surface area contributed by atoms with Gasteiger partial charge in [-0.25, -0.2) is 9.78 Å². The molecule has 0 saturated heterocycles. The molecule has 0 aliphatic rings. The fraction of sp³-hybridized carbons (Fsp3) is 0.250. The first kappa shape index (κ1) is 12.9. The van der Waals surface area contributed by atoms with Crippen LogP contribution in [0.5, 0.6) is 0 Å². The Bertz CT molecular complexity index is 679. The minimum Gasteiger partial charge on any atom is -0.464 e. The van der Waals surface area contributed by atoms with Crippen LogP contribution in [0.25, 0.3) is 11.1 Å². The van der Waals surface area contributed by atoms with E-state index in [9.17, 15) is 9.59 Å². The van der Waals surface area contributed by atoms with Gasteiger partial charge in [0.15, 0.2) is 5.69 Å². The molecule has 0 aliphatic carbocycles. The Balaban J connectivity index is 2.74. The molecule has 19 heavy (non-hydrogen) atoms. The van der Waals surface area contributed by atoms with Crippen molar-refractivity contribution in [1.82, 2.24) is 14.8 Å². The second-order valence-electron chi connectivity index (χ2n) is 4.14. The summed E-state index contributed by atoms with van der Waals surface area (Å²) < 4.78 is 5.87. The number of rotatable bonds is 2. The van der Waals surface area contributed by atoms with Crippen LogP contribution in [0.1, 0.15) is 16.2 Å². The minimum absolute atomic E-state index is 0.0972. The number of methoxy groups -OCH3 is 1. The van der Waals surface area contributed by atoms with Gasteiger partial charge in [0.2, 0.25) is 0 Å². The van der Waals surface area contributed by atoms with Gasteiger partial charge in [0.05, 0.1) is 12.7 Å². The van der Waals surface area contributed by atoms with Crippen molar-refractivity contribution in [1.29, 1.82) is 0 Å². The summed E-state index contributed by atoms with van der Waals surface area (Å²) in [6.07, 6.45) is 0. The van der Waals surface area contributed by atoms with E-state index in [0.717, 1.165) is 0 Å². The molecule has 7 heteroatoms. The number of nitrogen functional groups attached to an aromatic ring is 1. The zero-order valence-corrected chi connectivity index (χ0v) is 10.9. The molecule has 2 aromatic rings. The zero-order valence-electron chi connectivity index (χ0n) is 10.9. The zero-order chi connectivity index (χ0) is 14.2. The van der Waals surface area contributed by atoms with Gasteiger partial charge >= 0.3 is 5.97 Å². The third-order valence-corrected chi connectivity index (χ3v) is 2.70. The van der Waals surface area contributed by atoms with E-state index >= 15 is 0 Å². The summed E-state index contributed by atoms with van der Waals surface area (Å²) in [6.45, 7) is 1.76. The maximum atomic E-state index is 12.1. The molecule has 3 N–H and O–H groups in total. The molecule has 7 nitrogen and oxygen atoms in total. The van der Waals surface area contributed by atoms with Crippen molar-refractivity contribution in [3.63, 3.8) is 0 Å². The van der Waals surface area contributed by atoms with Crippen LogP contribution >= 0.6 is 0 Å². The van der Waals surface area contributed by atoms with Crippen molar-refractivity contribution >= 4 is 11.8 Å². The van der Waals surface area contributed by atoms with E-state index in [1.807, 2.05) is 0 Å². The largest absolute Gasteiger partial charge is 0.464 e. The highest BCUT2D eigenvalue weighted by Crippen LogP contribution is 2.22. The van der Waals surface area contributed by atoms with Gasteiger partial charge in [0, 0.05) is 12.7 Å². The smallest absolute Gasteiger partial charge is 0.356 e. The van der Waals surface area contributed by atoms with Crippen LogP contribution in [-0.4, -0.2) is 27.8 Å². The lowest BCUT2D eigenvalue weighted by Crippen LogP contribution is -2.13. The van der Waals surface area contributed by atoms with E-state index in [1.165, 1.54) is 18.8 Å². The first-order valence-electron chi connectivity index (χ1n) is 5.56. The summed E-state index contributed by atoms with van der Waals surface area (Å²) in [5.74, 6) is -0.324. The molecular formula is C12H14N4O3. The highest BCUT2D eigenvalue weighted by molar-refractivity contribution is 5.95. The Morgan fingerprint density at radius 2 is 2.16 bits per heavy atom. The van der Waals surface area contributed by atoms with Crippen LogP contribution in [0.2, 0.25) is 0 Å². The van der Waals surface area contributed by atoms with Gasteiger partial charge in [-0.1, -0.05) is 0 Å². The molecule has 2 heterocycles. The van der Waals surface area contributed by atoms with Gasteiger partial charge in [-0.05, 0) is 24.6 Å². The average molecular weight is 262 g/mol. The number of esters is 1. The van der Waals surface area contributed by atoms with Gasteiger partial charge in [-0.2, -0.15) is 0 Å². The predicted octanol–water partition coefficient (Wildman–Crippen LogP) is 0.453. The van der Waals surface area contributed by atoms with Gasteiger partial charge in [0.25, 0.3) is 5.56 Å². The third-order valence-electron chi connectivity index (χ3n) is 2.70. The highest BCUT2D eigenvalue weighted by atomic mass is 16.5. The van der Waals surface area contributed by atoms with Crippen LogP contribution in [0.4, 0.5) is 5.82 Å². The van der Waals surface area contributed by atoms with Crippen LogP contribution in [-0.2, 0) is 11.8 Å². The van der Waals surface area contributed by atoms with Crippen molar-refractivity contribution in [3.05, 3.63) is 33.9 Å². The van der Waals surface area contributed by atoms with E-state index in [-0.39, 0.29) is 22.6 Å². The lowest BCUT2D eigenvalue weighted by Gasteiger charge is -2.03. The molecule has 0 unspecified atom stereocenters. The number of hydrogen-bond donors (Lipinski definition) is 2. The van der Waals surface area contributed by atoms with Gasteiger partial charge in [-0.15, -0.1) is 0 Å². The molecular weight excluding hydrogens is 248 g/mol. The molecule has 100 valence electrons. The number of pyridine rings is 1. The number of aryl methyl sites for hydroxylation is 2. The Hall–Kier alpha value is -2.57. The van der Waals surface area contributed by atoms with Crippen molar-refractivity contribution in [3.8, 4) is 11.1 Å². The number of H-pyrrole nitrogens is 1. The fourth-order valence-corrected chi connectivity index (χ4v) is 1.91. The number of anilines is 1. The summed E-state index contributed by atoms with van der Waals surface area (Å²) in [7, 11) is 2.78. The first-order valence-corrected chi connectivity index (χ1v) is 5.56. The highest BCUT2D eigenvalue weighted by Gasteiger charge is 2.21. The van der Waals surface area contributed by atoms with Crippen molar-refractivity contribution in [2.45, 2.75) is 6.92 Å². The molecule has 0 aliphatic heterocycles. The van der Waals surface area contributed by atoms with Crippen molar-refractivity contribution < 1.29 is 9.53 Å². The lowest BCUT2D eigenvalue weighted by atomic mass is 10.1. The SMILES string of the molecule is COC(=O)c1[nH]n(C)c(=O)c1-c1cc(C)nc(N)c1. The third kappa shape index (κ3) is 2.22. The number of carbonyl (C=O) groups is 1. The van der Waals surface area contributed by atoms with Crippen molar-refractivity contribution in [2.24, 2.45) is 7.05 Å². The molecule has 0 aromatic carbocycles. The van der Waals surface area contributed by atoms with Gasteiger partial charge in [0.1, 0.15) is 5.82 Å². The fourth-order valence-electron chi connectivity index (χ4n) is 1.91. The van der Waals surface area contributed by atoms with Crippen LogP contribution in [0, 0.1) is 6.92 Å². The molecule has 0 amide bonds. The number of nitrogens with zero attached hydrogens (tertiary/aromatic N) is 2. The predicted molar refractivity (Wildman–Crippen MR) is 69.8 cm³/mol. The number of aromatic nitrogens is 3. The molecule has 0 fully saturated rings. The number of aromatic amines is 1. The maximum Gasteiger partial charge on any atom is 0.356 e. The molecule has 0 saturated carbocycles. The molecule has 0 spiro atoms. The molecule has 2 rings (SSSR count). The number of hydrogen-bond acceptors (Lipinski definition) is 5. The lowest BCUT2D eigenvalue weighted by molar-refractivity contribution is 0.0594. The van der Waals surface area contributed by atoms with E-state index in [0.29, 0.717) is 11.3 Å². The van der Waals surface area contributed by atoms with Gasteiger partial charge < -0.3 is 10.5 Å². The molecule has 0 atom stereocenters. The van der Waals surface area contributed by atoms with E-state index in [2.05, 4.69) is 14.8 Å². The monoisotopic (exact) mass is 262 g/mol. The second-order valence-corrected chi connectivity index (χ2v) is 4.14. The normalized spacial score (nSPS) is 10.5. The Kier molecular flexibility index (Phi) is 3.12. The maximum absolute atomic E-state index is 12.1. The van der Waals surface area contributed by atoms with Gasteiger partial charge in [-0.3, -0.25) is 14.6 Å². The Labute approximate surface area is 109 Å². The molecule has 0 radical (unpaired) electrons. The summed E-state index contributed by atoms with van der Waals surface area (Å²) in [6, 6.07) is 3.23. The van der Waals surface area contributed by atoms with Crippen LogP contribution < -0.4 is 11.3 Å². The van der Waals surface area contributed by atoms with Crippen LogP contribution in [0.15, 0.2) is 16.9 Å². The summed E-state index contributed by atoms with van der Waals surface area (Å²) in [4.78, 5) is 27.8. The topological polar surface area (TPSA) is 103 Å². The quantitative estimate of drug-likeness (QED) is 0.765. The van der Waals surface area contributed by atoms with E-state index in [4.69, 9.17) is 5.73 Å².